The highest BCUT2D eigenvalue weighted by Gasteiger charge is 2.20. The third-order valence-corrected chi connectivity index (χ3v) is 2.97. The molecule has 0 aromatic heterocycles. The lowest BCUT2D eigenvalue weighted by molar-refractivity contribution is -0.155. The number of benzene rings is 1. The summed E-state index contributed by atoms with van der Waals surface area (Å²) in [5, 5.41) is 16.8. The first-order valence-corrected chi connectivity index (χ1v) is 8.82. The number of rotatable bonds is 8. The van der Waals surface area contributed by atoms with Crippen LogP contribution in [0.5, 0.6) is 0 Å². The third kappa shape index (κ3) is 13.7. The zero-order valence-corrected chi connectivity index (χ0v) is 16.4. The van der Waals surface area contributed by atoms with E-state index in [-0.39, 0.29) is 39.3 Å². The molecule has 0 saturated carbocycles. The summed E-state index contributed by atoms with van der Waals surface area (Å²) in [4.78, 5) is 25.0. The summed E-state index contributed by atoms with van der Waals surface area (Å²) in [6.45, 7) is 6.02. The van der Waals surface area contributed by atoms with Gasteiger partial charge in [0.1, 0.15) is 12.2 Å². The van der Waals surface area contributed by atoms with Crippen molar-refractivity contribution in [1.82, 2.24) is 4.90 Å². The first kappa shape index (κ1) is 24.8. The minimum atomic E-state index is -0.563. The van der Waals surface area contributed by atoms with Gasteiger partial charge in [-0.1, -0.05) is 30.3 Å². The number of aliphatic hydroxyl groups is 2. The Bertz CT molecular complexity index is 529. The van der Waals surface area contributed by atoms with Crippen molar-refractivity contribution in [1.29, 1.82) is 0 Å². The number of amides is 1. The molecule has 0 spiro atoms. The van der Waals surface area contributed by atoms with E-state index in [4.69, 9.17) is 25.4 Å². The Morgan fingerprint density at radius 1 is 1.07 bits per heavy atom. The van der Waals surface area contributed by atoms with Gasteiger partial charge in [0.2, 0.25) is 0 Å². The molecule has 4 N–H and O–H groups in total. The number of esters is 1. The number of carbonyl (C=O) groups excluding carboxylic acids is 2. The topological polar surface area (TPSA) is 122 Å². The van der Waals surface area contributed by atoms with Gasteiger partial charge >= 0.3 is 12.1 Å². The van der Waals surface area contributed by atoms with Crippen LogP contribution in [-0.2, 0) is 20.9 Å². The standard InChI is InChI=1S/C17H25NO5.C2H7NO/c1-17(2,3)23-15(20)9-10-18(11-12-19)16(21)22-13-14-7-5-4-6-8-14;3-1-2-4/h4-8,19H,9-13H2,1-3H3;4H,1-3H2. The van der Waals surface area contributed by atoms with Gasteiger partial charge in [0.05, 0.1) is 19.6 Å². The monoisotopic (exact) mass is 384 g/mol. The number of hydrogen-bond donors (Lipinski definition) is 3. The van der Waals surface area contributed by atoms with Crippen molar-refractivity contribution in [3.63, 3.8) is 0 Å². The van der Waals surface area contributed by atoms with Gasteiger partial charge in [0, 0.05) is 19.6 Å². The van der Waals surface area contributed by atoms with Gasteiger partial charge in [-0.3, -0.25) is 4.79 Å². The molecular formula is C19H32N2O6. The predicted molar refractivity (Wildman–Crippen MR) is 102 cm³/mol. The quantitative estimate of drug-likeness (QED) is 0.577. The number of aliphatic hydroxyl groups excluding tert-OH is 2. The van der Waals surface area contributed by atoms with Gasteiger partial charge in [0.25, 0.3) is 0 Å². The van der Waals surface area contributed by atoms with Crippen LogP contribution in [0.15, 0.2) is 30.3 Å². The van der Waals surface area contributed by atoms with Crippen LogP contribution in [0.4, 0.5) is 4.79 Å². The van der Waals surface area contributed by atoms with Gasteiger partial charge in [-0.25, -0.2) is 4.79 Å². The van der Waals surface area contributed by atoms with Crippen molar-refractivity contribution in [2.45, 2.75) is 39.4 Å². The van der Waals surface area contributed by atoms with Crippen molar-refractivity contribution in [3.05, 3.63) is 35.9 Å². The molecular weight excluding hydrogens is 352 g/mol. The van der Waals surface area contributed by atoms with Crippen molar-refractivity contribution >= 4 is 12.1 Å². The third-order valence-electron chi connectivity index (χ3n) is 2.97. The first-order valence-electron chi connectivity index (χ1n) is 8.82. The zero-order valence-electron chi connectivity index (χ0n) is 16.4. The Morgan fingerprint density at radius 3 is 2.15 bits per heavy atom. The van der Waals surface area contributed by atoms with Crippen LogP contribution in [0.25, 0.3) is 0 Å². The van der Waals surface area contributed by atoms with Gasteiger partial charge in [-0.15, -0.1) is 0 Å². The van der Waals surface area contributed by atoms with Crippen LogP contribution in [0.2, 0.25) is 0 Å². The number of carbonyl (C=O) groups is 2. The van der Waals surface area contributed by atoms with Crippen LogP contribution in [0.1, 0.15) is 32.8 Å². The lowest BCUT2D eigenvalue weighted by atomic mass is 10.2. The summed E-state index contributed by atoms with van der Waals surface area (Å²) in [5.74, 6) is -0.392. The molecule has 0 aliphatic carbocycles. The Kier molecular flexibility index (Phi) is 12.8. The lowest BCUT2D eigenvalue weighted by Gasteiger charge is -2.23. The summed E-state index contributed by atoms with van der Waals surface area (Å²) in [6.07, 6.45) is -0.510. The van der Waals surface area contributed by atoms with E-state index in [9.17, 15) is 9.59 Å². The molecule has 0 atom stereocenters. The van der Waals surface area contributed by atoms with E-state index in [1.165, 1.54) is 4.90 Å². The van der Waals surface area contributed by atoms with E-state index < -0.39 is 17.7 Å². The van der Waals surface area contributed by atoms with Crippen LogP contribution >= 0.6 is 0 Å². The van der Waals surface area contributed by atoms with Gasteiger partial charge < -0.3 is 30.3 Å². The predicted octanol–water partition coefficient (Wildman–Crippen LogP) is 1.29. The molecule has 0 radical (unpaired) electrons. The van der Waals surface area contributed by atoms with Crippen molar-refractivity contribution in [2.75, 3.05) is 32.8 Å². The summed E-state index contributed by atoms with van der Waals surface area (Å²) in [7, 11) is 0. The van der Waals surface area contributed by atoms with E-state index in [1.54, 1.807) is 20.8 Å². The van der Waals surface area contributed by atoms with Gasteiger partial charge in [-0.05, 0) is 26.3 Å². The highest BCUT2D eigenvalue weighted by Crippen LogP contribution is 2.09. The molecule has 0 bridgehead atoms. The minimum Gasteiger partial charge on any atom is -0.460 e. The summed E-state index contributed by atoms with van der Waals surface area (Å²) >= 11 is 0. The molecule has 1 aromatic carbocycles. The molecule has 1 rings (SSSR count). The zero-order chi connectivity index (χ0) is 20.7. The van der Waals surface area contributed by atoms with Crippen LogP contribution in [-0.4, -0.2) is 65.6 Å². The molecule has 0 unspecified atom stereocenters. The first-order chi connectivity index (χ1) is 12.7. The maximum Gasteiger partial charge on any atom is 0.410 e. The maximum absolute atomic E-state index is 12.0. The van der Waals surface area contributed by atoms with E-state index in [1.807, 2.05) is 30.3 Å². The second-order valence-electron chi connectivity index (χ2n) is 6.60. The Balaban J connectivity index is 0.00000153. The van der Waals surface area contributed by atoms with Gasteiger partial charge in [0.15, 0.2) is 0 Å². The molecule has 1 amide bonds. The smallest absolute Gasteiger partial charge is 0.410 e. The average Bonchev–Trinajstić information content (AvgIpc) is 2.62. The second kappa shape index (κ2) is 14.0. The maximum atomic E-state index is 12.0. The van der Waals surface area contributed by atoms with Crippen LogP contribution < -0.4 is 5.73 Å². The van der Waals surface area contributed by atoms with Crippen molar-refractivity contribution in [2.24, 2.45) is 5.73 Å². The molecule has 8 heteroatoms. The fraction of sp³-hybridized carbons (Fsp3) is 0.579. The normalized spacial score (nSPS) is 10.4. The highest BCUT2D eigenvalue weighted by molar-refractivity contribution is 5.72. The molecule has 0 fully saturated rings. The molecule has 8 nitrogen and oxygen atoms in total. The number of nitrogens with zero attached hydrogens (tertiary/aromatic N) is 1. The molecule has 1 aromatic rings. The molecule has 0 aliphatic heterocycles. The molecule has 27 heavy (non-hydrogen) atoms. The largest absolute Gasteiger partial charge is 0.460 e. The van der Waals surface area contributed by atoms with E-state index in [2.05, 4.69) is 0 Å². The summed E-state index contributed by atoms with van der Waals surface area (Å²) in [5.41, 5.74) is 5.09. The molecule has 0 aliphatic rings. The molecule has 0 saturated heterocycles. The van der Waals surface area contributed by atoms with Crippen LogP contribution in [0.3, 0.4) is 0 Å². The number of nitrogens with two attached hydrogens (primary N) is 1. The van der Waals surface area contributed by atoms with Gasteiger partial charge in [-0.2, -0.15) is 0 Å². The SMILES string of the molecule is CC(C)(C)OC(=O)CCN(CCO)C(=O)OCc1ccccc1.NCCO. The lowest BCUT2D eigenvalue weighted by Crippen LogP contribution is -2.36. The Morgan fingerprint density at radius 2 is 1.67 bits per heavy atom. The molecule has 0 heterocycles. The van der Waals surface area contributed by atoms with E-state index >= 15 is 0 Å². The Hall–Kier alpha value is -2.16. The molecule has 154 valence electrons. The van der Waals surface area contributed by atoms with E-state index in [0.717, 1.165) is 5.56 Å². The Labute approximate surface area is 160 Å². The fourth-order valence-corrected chi connectivity index (χ4v) is 1.84. The fourth-order valence-electron chi connectivity index (χ4n) is 1.84. The minimum absolute atomic E-state index is 0.0533. The van der Waals surface area contributed by atoms with E-state index in [0.29, 0.717) is 6.54 Å². The number of hydrogen-bond acceptors (Lipinski definition) is 7. The second-order valence-corrected chi connectivity index (χ2v) is 6.60. The van der Waals surface area contributed by atoms with Crippen molar-refractivity contribution < 1.29 is 29.3 Å². The number of ether oxygens (including phenoxy) is 2. The summed E-state index contributed by atoms with van der Waals surface area (Å²) < 4.78 is 10.4. The average molecular weight is 384 g/mol. The summed E-state index contributed by atoms with van der Waals surface area (Å²) in [6, 6.07) is 9.30. The van der Waals surface area contributed by atoms with Crippen molar-refractivity contribution in [3.8, 4) is 0 Å². The highest BCUT2D eigenvalue weighted by atomic mass is 16.6. The van der Waals surface area contributed by atoms with Crippen LogP contribution in [0, 0.1) is 0 Å².